The van der Waals surface area contributed by atoms with E-state index in [1.165, 1.54) is 35.8 Å². The minimum atomic E-state index is -0.427. The van der Waals surface area contributed by atoms with Gasteiger partial charge in [-0.25, -0.2) is 4.79 Å². The highest BCUT2D eigenvalue weighted by atomic mass is 32.2. The maximum absolute atomic E-state index is 13.0. The first-order chi connectivity index (χ1) is 19.9. The standard InChI is InChI=1S/C32H30N2O5S2/c1-38-24-14-11-21(12-15-24)30(36)33-23-9-6-10-25(18-23)40-19-28(35)34-31-29(32(37)39-2)26-16-13-22(17-27(26)41-31)20-7-4-3-5-8-20/h3-12,14-15,18,22H,13,16-17,19H2,1-2H3,(H,33,36)(H,34,35). The number of benzene rings is 3. The minimum Gasteiger partial charge on any atom is -0.497 e. The van der Waals surface area contributed by atoms with Crippen LogP contribution in [-0.2, 0) is 22.4 Å². The molecule has 1 heterocycles. The summed E-state index contributed by atoms with van der Waals surface area (Å²) in [7, 11) is 2.94. The van der Waals surface area contributed by atoms with Crippen LogP contribution < -0.4 is 15.4 Å². The van der Waals surface area contributed by atoms with Crippen molar-refractivity contribution in [1.29, 1.82) is 0 Å². The van der Waals surface area contributed by atoms with Gasteiger partial charge in [0.25, 0.3) is 5.91 Å². The van der Waals surface area contributed by atoms with Crippen LogP contribution in [0.2, 0.25) is 0 Å². The molecule has 3 aromatic carbocycles. The van der Waals surface area contributed by atoms with Crippen molar-refractivity contribution in [2.24, 2.45) is 0 Å². The van der Waals surface area contributed by atoms with E-state index in [1.807, 2.05) is 36.4 Å². The van der Waals surface area contributed by atoms with Gasteiger partial charge in [-0.15, -0.1) is 23.1 Å². The van der Waals surface area contributed by atoms with E-state index in [0.29, 0.717) is 33.5 Å². The average Bonchev–Trinajstić information content (AvgIpc) is 3.37. The molecule has 1 aromatic heterocycles. The van der Waals surface area contributed by atoms with Crippen LogP contribution in [-0.4, -0.2) is 37.8 Å². The monoisotopic (exact) mass is 586 g/mol. The number of methoxy groups -OCH3 is 2. The molecule has 1 aliphatic carbocycles. The van der Waals surface area contributed by atoms with Crippen molar-refractivity contribution in [3.63, 3.8) is 0 Å². The second-order valence-electron chi connectivity index (χ2n) is 9.60. The number of amides is 2. The number of thiophene rings is 1. The van der Waals surface area contributed by atoms with Crippen LogP contribution in [0.1, 0.15) is 49.1 Å². The second kappa shape index (κ2) is 13.1. The highest BCUT2D eigenvalue weighted by Gasteiger charge is 2.30. The summed E-state index contributed by atoms with van der Waals surface area (Å²) < 4.78 is 10.2. The third kappa shape index (κ3) is 6.81. The highest BCUT2D eigenvalue weighted by molar-refractivity contribution is 8.00. The van der Waals surface area contributed by atoms with E-state index in [-0.39, 0.29) is 17.6 Å². The van der Waals surface area contributed by atoms with Crippen LogP contribution in [0.3, 0.4) is 0 Å². The summed E-state index contributed by atoms with van der Waals surface area (Å²) in [6, 6.07) is 24.6. The fraction of sp³-hybridized carbons (Fsp3) is 0.219. The molecule has 210 valence electrons. The van der Waals surface area contributed by atoms with Gasteiger partial charge in [0.15, 0.2) is 0 Å². The molecule has 0 aliphatic heterocycles. The number of esters is 1. The molecule has 1 aliphatic rings. The summed E-state index contributed by atoms with van der Waals surface area (Å²) in [6.07, 6.45) is 2.52. The Morgan fingerprint density at radius 2 is 1.73 bits per heavy atom. The van der Waals surface area contributed by atoms with E-state index in [9.17, 15) is 14.4 Å². The number of hydrogen-bond donors (Lipinski definition) is 2. The Hall–Kier alpha value is -4.08. The first-order valence-corrected chi connectivity index (χ1v) is 15.0. The van der Waals surface area contributed by atoms with Crippen LogP contribution in [0.5, 0.6) is 5.75 Å². The van der Waals surface area contributed by atoms with Crippen LogP contribution in [0.25, 0.3) is 0 Å². The van der Waals surface area contributed by atoms with Crippen molar-refractivity contribution in [2.45, 2.75) is 30.1 Å². The van der Waals surface area contributed by atoms with E-state index in [0.717, 1.165) is 34.6 Å². The Bertz CT molecular complexity index is 1550. The van der Waals surface area contributed by atoms with Crippen molar-refractivity contribution in [1.82, 2.24) is 0 Å². The number of hydrogen-bond acceptors (Lipinski definition) is 7. The second-order valence-corrected chi connectivity index (χ2v) is 11.8. The predicted octanol–water partition coefficient (Wildman–Crippen LogP) is 6.80. The van der Waals surface area contributed by atoms with Crippen LogP contribution in [0, 0.1) is 0 Å². The molecule has 0 radical (unpaired) electrons. The summed E-state index contributed by atoms with van der Waals surface area (Å²) in [5.74, 6) is 0.320. The molecular weight excluding hydrogens is 556 g/mol. The Kier molecular flexibility index (Phi) is 9.06. The van der Waals surface area contributed by atoms with Gasteiger partial charge in [0.1, 0.15) is 10.8 Å². The smallest absolute Gasteiger partial charge is 0.341 e. The third-order valence-electron chi connectivity index (χ3n) is 6.99. The lowest BCUT2D eigenvalue weighted by Gasteiger charge is -2.22. The normalized spacial score (nSPS) is 14.0. The van der Waals surface area contributed by atoms with Crippen LogP contribution in [0.15, 0.2) is 83.8 Å². The number of carbonyl (C=O) groups excluding carboxylic acids is 3. The molecule has 0 saturated carbocycles. The Morgan fingerprint density at radius 3 is 2.46 bits per heavy atom. The Labute approximate surface area is 247 Å². The van der Waals surface area contributed by atoms with Gasteiger partial charge in [0.05, 0.1) is 25.5 Å². The zero-order chi connectivity index (χ0) is 28.8. The van der Waals surface area contributed by atoms with Crippen LogP contribution in [0.4, 0.5) is 10.7 Å². The van der Waals surface area contributed by atoms with Gasteiger partial charge in [-0.2, -0.15) is 0 Å². The van der Waals surface area contributed by atoms with E-state index in [2.05, 4.69) is 22.8 Å². The van der Waals surface area contributed by atoms with E-state index in [4.69, 9.17) is 9.47 Å². The molecule has 7 nitrogen and oxygen atoms in total. The zero-order valence-electron chi connectivity index (χ0n) is 22.8. The molecule has 5 rings (SSSR count). The number of thioether (sulfide) groups is 1. The molecule has 0 saturated heterocycles. The summed E-state index contributed by atoms with van der Waals surface area (Å²) in [4.78, 5) is 40.3. The molecule has 2 N–H and O–H groups in total. The van der Waals surface area contributed by atoms with Crippen molar-refractivity contribution in [3.05, 3.63) is 106 Å². The van der Waals surface area contributed by atoms with Gasteiger partial charge >= 0.3 is 5.97 Å². The molecule has 0 fully saturated rings. The Morgan fingerprint density at radius 1 is 0.951 bits per heavy atom. The summed E-state index contributed by atoms with van der Waals surface area (Å²) in [6.45, 7) is 0. The lowest BCUT2D eigenvalue weighted by atomic mass is 9.83. The van der Waals surface area contributed by atoms with E-state index >= 15 is 0 Å². The first kappa shape index (κ1) is 28.4. The molecule has 9 heteroatoms. The van der Waals surface area contributed by atoms with Crippen molar-refractivity contribution in [2.75, 3.05) is 30.6 Å². The summed E-state index contributed by atoms with van der Waals surface area (Å²) >= 11 is 2.82. The number of carbonyl (C=O) groups is 3. The van der Waals surface area contributed by atoms with Crippen LogP contribution >= 0.6 is 23.1 Å². The third-order valence-corrected chi connectivity index (χ3v) is 9.16. The molecule has 4 aromatic rings. The van der Waals surface area contributed by atoms with Crippen molar-refractivity contribution >= 4 is 51.6 Å². The quantitative estimate of drug-likeness (QED) is 0.166. The van der Waals surface area contributed by atoms with Crippen molar-refractivity contribution in [3.8, 4) is 5.75 Å². The molecule has 1 unspecified atom stereocenters. The number of nitrogens with one attached hydrogen (secondary N) is 2. The van der Waals surface area contributed by atoms with E-state index < -0.39 is 5.97 Å². The van der Waals surface area contributed by atoms with Gasteiger partial charge in [-0.05, 0) is 78.8 Å². The topological polar surface area (TPSA) is 93.7 Å². The van der Waals surface area contributed by atoms with Crippen molar-refractivity contribution < 1.29 is 23.9 Å². The minimum absolute atomic E-state index is 0.145. The number of rotatable bonds is 9. The predicted molar refractivity (Wildman–Crippen MR) is 164 cm³/mol. The van der Waals surface area contributed by atoms with Gasteiger partial charge in [-0.3, -0.25) is 9.59 Å². The summed E-state index contributed by atoms with van der Waals surface area (Å²) in [5.41, 5.74) is 3.88. The fourth-order valence-electron chi connectivity index (χ4n) is 4.92. The van der Waals surface area contributed by atoms with Gasteiger partial charge < -0.3 is 20.1 Å². The lowest BCUT2D eigenvalue weighted by molar-refractivity contribution is -0.113. The maximum Gasteiger partial charge on any atom is 0.341 e. The van der Waals surface area contributed by atoms with Gasteiger partial charge in [0, 0.05) is 21.0 Å². The number of ether oxygens (including phenoxy) is 2. The molecule has 0 spiro atoms. The highest BCUT2D eigenvalue weighted by Crippen LogP contribution is 2.43. The molecule has 1 atom stereocenters. The number of fused-ring (bicyclic) bond motifs is 1. The van der Waals surface area contributed by atoms with E-state index in [1.54, 1.807) is 37.4 Å². The molecule has 41 heavy (non-hydrogen) atoms. The zero-order valence-corrected chi connectivity index (χ0v) is 24.4. The first-order valence-electron chi connectivity index (χ1n) is 13.2. The average molecular weight is 587 g/mol. The molecule has 0 bridgehead atoms. The summed E-state index contributed by atoms with van der Waals surface area (Å²) in [5, 5.41) is 6.40. The fourth-order valence-corrected chi connectivity index (χ4v) is 7.01. The molecular formula is C32H30N2O5S2. The van der Waals surface area contributed by atoms with Gasteiger partial charge in [-0.1, -0.05) is 36.4 Å². The Balaban J connectivity index is 1.23. The molecule has 2 amide bonds. The largest absolute Gasteiger partial charge is 0.497 e. The van der Waals surface area contributed by atoms with Gasteiger partial charge in [0.2, 0.25) is 5.91 Å². The SMILES string of the molecule is COC(=O)c1c(NC(=O)CSc2cccc(NC(=O)c3ccc(OC)cc3)c2)sc2c1CCC(c1ccccc1)C2. The lowest BCUT2D eigenvalue weighted by Crippen LogP contribution is -2.17. The number of anilines is 2. The maximum atomic E-state index is 13.0.